The van der Waals surface area contributed by atoms with Crippen LogP contribution in [-0.4, -0.2) is 15.3 Å². The van der Waals surface area contributed by atoms with Crippen molar-refractivity contribution in [3.63, 3.8) is 0 Å². The van der Waals surface area contributed by atoms with E-state index in [9.17, 15) is 9.90 Å². The van der Waals surface area contributed by atoms with E-state index in [-0.39, 0.29) is 11.7 Å². The van der Waals surface area contributed by atoms with Crippen LogP contribution in [0.3, 0.4) is 0 Å². The van der Waals surface area contributed by atoms with Crippen molar-refractivity contribution >= 4 is 40.3 Å². The van der Waals surface area contributed by atoms with Crippen molar-refractivity contribution in [2.45, 2.75) is 0 Å². The van der Waals surface area contributed by atoms with E-state index < -0.39 is 0 Å². The zero-order valence-electron chi connectivity index (χ0n) is 11.3. The van der Waals surface area contributed by atoms with Crippen LogP contribution in [-0.2, 0) is 4.79 Å². The summed E-state index contributed by atoms with van der Waals surface area (Å²) in [4.78, 5) is 12.2. The summed E-state index contributed by atoms with van der Waals surface area (Å²) in [5.74, 6) is 0.827. The van der Waals surface area contributed by atoms with Crippen molar-refractivity contribution in [2.24, 2.45) is 0 Å². The maximum Gasteiger partial charge on any atom is 0.263 e. The summed E-state index contributed by atoms with van der Waals surface area (Å²) in [5.41, 5.74) is 0.815. The van der Waals surface area contributed by atoms with Gasteiger partial charge in [-0.05, 0) is 35.9 Å². The smallest absolute Gasteiger partial charge is 0.263 e. The minimum absolute atomic E-state index is 0.0716. The predicted molar refractivity (Wildman–Crippen MR) is 90.9 cm³/mol. The third kappa shape index (κ3) is 3.29. The molecule has 22 heavy (non-hydrogen) atoms. The molecule has 0 unspecified atom stereocenters. The fourth-order valence-corrected chi connectivity index (χ4v) is 2.95. The van der Waals surface area contributed by atoms with E-state index in [1.807, 2.05) is 12.1 Å². The van der Waals surface area contributed by atoms with Gasteiger partial charge in [0.15, 0.2) is 11.5 Å². The van der Waals surface area contributed by atoms with Crippen LogP contribution in [0.15, 0.2) is 53.4 Å². The molecule has 1 saturated heterocycles. The third-order valence-electron chi connectivity index (χ3n) is 2.89. The van der Waals surface area contributed by atoms with E-state index in [1.165, 1.54) is 11.8 Å². The molecule has 1 amide bonds. The second kappa shape index (κ2) is 6.21. The zero-order valence-corrected chi connectivity index (χ0v) is 12.9. The lowest BCUT2D eigenvalue weighted by molar-refractivity contribution is -0.115. The average molecular weight is 329 g/mol. The van der Waals surface area contributed by atoms with Crippen molar-refractivity contribution in [2.75, 3.05) is 0 Å². The first-order chi connectivity index (χ1) is 10.6. The van der Waals surface area contributed by atoms with Gasteiger partial charge in [0.25, 0.3) is 5.91 Å². The number of phenols is 1. The molecule has 0 bridgehead atoms. The van der Waals surface area contributed by atoms with Crippen molar-refractivity contribution in [3.05, 3.63) is 59.0 Å². The number of hydrogen-bond donors (Lipinski definition) is 2. The van der Waals surface area contributed by atoms with Crippen LogP contribution in [0, 0.1) is 0 Å². The standard InChI is InChI=1S/C16H11NO3S2/c18-12-6-1-2-7-13(12)20-11-5-3-4-10(8-11)9-14-15(19)17-16(21)22-14/h1-9,18H,(H,17,19,21)/b14-9-. The number of nitrogens with one attached hydrogen (secondary N) is 1. The molecule has 1 aliphatic rings. The number of phenolic OH excluding ortho intramolecular Hbond substituents is 1. The van der Waals surface area contributed by atoms with Crippen molar-refractivity contribution in [1.82, 2.24) is 5.32 Å². The molecule has 0 spiro atoms. The van der Waals surface area contributed by atoms with Crippen molar-refractivity contribution < 1.29 is 14.6 Å². The van der Waals surface area contributed by atoms with E-state index >= 15 is 0 Å². The van der Waals surface area contributed by atoms with Gasteiger partial charge in [-0.1, -0.05) is 48.2 Å². The van der Waals surface area contributed by atoms with Gasteiger partial charge in [-0.25, -0.2) is 0 Å². The summed E-state index contributed by atoms with van der Waals surface area (Å²) in [6.45, 7) is 0. The molecule has 2 N–H and O–H groups in total. The Balaban J connectivity index is 1.84. The normalized spacial score (nSPS) is 15.9. The molecule has 0 aromatic heterocycles. The topological polar surface area (TPSA) is 58.6 Å². The Bertz CT molecular complexity index is 786. The Morgan fingerprint density at radius 3 is 2.73 bits per heavy atom. The van der Waals surface area contributed by atoms with Crippen LogP contribution in [0.25, 0.3) is 6.08 Å². The molecule has 1 fully saturated rings. The molecule has 0 radical (unpaired) electrons. The van der Waals surface area contributed by atoms with E-state index in [4.69, 9.17) is 17.0 Å². The number of aromatic hydroxyl groups is 1. The number of carbonyl (C=O) groups is 1. The minimum Gasteiger partial charge on any atom is -0.504 e. The van der Waals surface area contributed by atoms with Crippen LogP contribution in [0.5, 0.6) is 17.2 Å². The molecule has 0 atom stereocenters. The summed E-state index contributed by atoms with van der Waals surface area (Å²) in [5, 5.41) is 12.3. The lowest BCUT2D eigenvalue weighted by atomic mass is 10.2. The predicted octanol–water partition coefficient (Wildman–Crippen LogP) is 3.67. The SMILES string of the molecule is O=C1NC(=S)S/C1=C\c1cccc(Oc2ccccc2O)c1. The van der Waals surface area contributed by atoms with Crippen LogP contribution in [0.1, 0.15) is 5.56 Å². The Labute approximate surface area is 136 Å². The number of amides is 1. The number of para-hydroxylation sites is 2. The average Bonchev–Trinajstić information content (AvgIpc) is 2.80. The first-order valence-electron chi connectivity index (χ1n) is 6.42. The fraction of sp³-hybridized carbons (Fsp3) is 0. The molecule has 4 nitrogen and oxygen atoms in total. The van der Waals surface area contributed by atoms with Crippen LogP contribution >= 0.6 is 24.0 Å². The minimum atomic E-state index is -0.193. The van der Waals surface area contributed by atoms with E-state index in [0.29, 0.717) is 20.7 Å². The lowest BCUT2D eigenvalue weighted by Gasteiger charge is -2.07. The van der Waals surface area contributed by atoms with Gasteiger partial charge >= 0.3 is 0 Å². The van der Waals surface area contributed by atoms with E-state index in [0.717, 1.165) is 5.56 Å². The van der Waals surface area contributed by atoms with Gasteiger partial charge in [-0.2, -0.15) is 0 Å². The number of thiocarbonyl (C=S) groups is 1. The highest BCUT2D eigenvalue weighted by atomic mass is 32.2. The molecule has 2 aromatic rings. The number of thioether (sulfide) groups is 1. The second-order valence-corrected chi connectivity index (χ2v) is 6.21. The molecule has 1 heterocycles. The van der Waals surface area contributed by atoms with Gasteiger partial charge in [0.1, 0.15) is 10.1 Å². The van der Waals surface area contributed by atoms with Gasteiger partial charge in [0.2, 0.25) is 0 Å². The number of hydrogen-bond acceptors (Lipinski definition) is 5. The molecule has 2 aromatic carbocycles. The number of ether oxygens (including phenoxy) is 1. The first kappa shape index (κ1) is 14.6. The van der Waals surface area contributed by atoms with Crippen LogP contribution < -0.4 is 10.1 Å². The molecule has 110 valence electrons. The van der Waals surface area contributed by atoms with Gasteiger partial charge in [0.05, 0.1) is 4.91 Å². The summed E-state index contributed by atoms with van der Waals surface area (Å²) < 4.78 is 6.11. The number of rotatable bonds is 3. The lowest BCUT2D eigenvalue weighted by Crippen LogP contribution is -2.17. The van der Waals surface area contributed by atoms with E-state index in [2.05, 4.69) is 5.32 Å². The highest BCUT2D eigenvalue weighted by Gasteiger charge is 2.21. The maximum absolute atomic E-state index is 11.7. The Morgan fingerprint density at radius 2 is 2.00 bits per heavy atom. The summed E-state index contributed by atoms with van der Waals surface area (Å²) in [6.07, 6.45) is 1.75. The summed E-state index contributed by atoms with van der Waals surface area (Å²) in [6, 6.07) is 14.0. The Hall–Kier alpha value is -2.31. The molecule has 3 rings (SSSR count). The highest BCUT2D eigenvalue weighted by Crippen LogP contribution is 2.31. The van der Waals surface area contributed by atoms with Gasteiger partial charge in [-0.15, -0.1) is 0 Å². The van der Waals surface area contributed by atoms with Crippen LogP contribution in [0.4, 0.5) is 0 Å². The molecule has 6 heteroatoms. The molecule has 1 aliphatic heterocycles. The number of benzene rings is 2. The van der Waals surface area contributed by atoms with Gasteiger partial charge in [-0.3, -0.25) is 4.79 Å². The summed E-state index contributed by atoms with van der Waals surface area (Å²) in [7, 11) is 0. The Kier molecular flexibility index (Phi) is 4.13. The fourth-order valence-electron chi connectivity index (χ4n) is 1.91. The molecular weight excluding hydrogens is 318 g/mol. The third-order valence-corrected chi connectivity index (χ3v) is 4.05. The second-order valence-electron chi connectivity index (χ2n) is 4.49. The number of carbonyl (C=O) groups excluding carboxylic acids is 1. The largest absolute Gasteiger partial charge is 0.504 e. The quantitative estimate of drug-likeness (QED) is 0.664. The van der Waals surface area contributed by atoms with Gasteiger partial charge in [0, 0.05) is 0 Å². The monoisotopic (exact) mass is 329 g/mol. The highest BCUT2D eigenvalue weighted by molar-refractivity contribution is 8.26. The molecule has 0 aliphatic carbocycles. The van der Waals surface area contributed by atoms with Crippen molar-refractivity contribution in [3.8, 4) is 17.2 Å². The molecular formula is C16H11NO3S2. The maximum atomic E-state index is 11.7. The molecule has 0 saturated carbocycles. The van der Waals surface area contributed by atoms with E-state index in [1.54, 1.807) is 42.5 Å². The van der Waals surface area contributed by atoms with Crippen molar-refractivity contribution in [1.29, 1.82) is 0 Å². The van der Waals surface area contributed by atoms with Crippen LogP contribution in [0.2, 0.25) is 0 Å². The Morgan fingerprint density at radius 1 is 1.18 bits per heavy atom. The van der Waals surface area contributed by atoms with Gasteiger partial charge < -0.3 is 15.2 Å². The summed E-state index contributed by atoms with van der Waals surface area (Å²) >= 11 is 6.19. The first-order valence-corrected chi connectivity index (χ1v) is 7.65. The zero-order chi connectivity index (χ0) is 15.5.